The number of H-pyrrole nitrogens is 1. The van der Waals surface area contributed by atoms with Gasteiger partial charge in [0.25, 0.3) is 0 Å². The number of ether oxygens (including phenoxy) is 1. The van der Waals surface area contributed by atoms with Gasteiger partial charge in [0.2, 0.25) is 5.91 Å². The predicted molar refractivity (Wildman–Crippen MR) is 142 cm³/mol. The van der Waals surface area contributed by atoms with Crippen LogP contribution in [0.25, 0.3) is 5.57 Å². The van der Waals surface area contributed by atoms with Crippen LogP contribution in [0.3, 0.4) is 0 Å². The third kappa shape index (κ3) is 6.09. The SMILES string of the molecule is N#Cc1cnc(OC(=O)Nc2ccc(C3CCN(C(=O)Cc4cccnc4)CC3)cc2C2=CCCCC2)[nH]1. The molecule has 0 atom stereocenters. The van der Waals surface area contributed by atoms with Crippen LogP contribution < -0.4 is 10.1 Å². The monoisotopic (exact) mass is 510 g/mol. The van der Waals surface area contributed by atoms with Crippen molar-refractivity contribution in [1.29, 1.82) is 5.26 Å². The first-order chi connectivity index (χ1) is 18.6. The lowest BCUT2D eigenvalue weighted by molar-refractivity contribution is -0.131. The molecule has 1 fully saturated rings. The van der Waals surface area contributed by atoms with Crippen molar-refractivity contribution in [3.63, 3.8) is 0 Å². The van der Waals surface area contributed by atoms with Crippen LogP contribution in [-0.2, 0) is 11.2 Å². The van der Waals surface area contributed by atoms with Crippen LogP contribution in [0, 0.1) is 11.3 Å². The summed E-state index contributed by atoms with van der Waals surface area (Å²) in [6.07, 6.45) is 12.8. The number of aromatic amines is 1. The maximum Gasteiger partial charge on any atom is 0.419 e. The van der Waals surface area contributed by atoms with Crippen LogP contribution in [0.15, 0.2) is 55.0 Å². The van der Waals surface area contributed by atoms with E-state index in [2.05, 4.69) is 38.5 Å². The Morgan fingerprint density at radius 3 is 2.76 bits per heavy atom. The molecule has 1 aliphatic carbocycles. The van der Waals surface area contributed by atoms with Gasteiger partial charge in [-0.2, -0.15) is 5.26 Å². The summed E-state index contributed by atoms with van der Waals surface area (Å²) in [5.41, 5.74) is 5.28. The van der Waals surface area contributed by atoms with Gasteiger partial charge in [0.1, 0.15) is 11.8 Å². The van der Waals surface area contributed by atoms with Crippen LogP contribution in [-0.4, -0.2) is 44.9 Å². The van der Waals surface area contributed by atoms with Crippen LogP contribution >= 0.6 is 0 Å². The average Bonchev–Trinajstić information content (AvgIpc) is 3.41. The Kier molecular flexibility index (Phi) is 7.78. The molecule has 0 radical (unpaired) electrons. The minimum atomic E-state index is -0.672. The predicted octanol–water partition coefficient (Wildman–Crippen LogP) is 5.19. The number of nitrogens with zero attached hydrogens (tertiary/aromatic N) is 4. The Morgan fingerprint density at radius 1 is 1.18 bits per heavy atom. The van der Waals surface area contributed by atoms with Crippen molar-refractivity contribution in [2.24, 2.45) is 0 Å². The third-order valence-corrected chi connectivity index (χ3v) is 7.18. The number of nitriles is 1. The fraction of sp³-hybridized carbons (Fsp3) is 0.345. The van der Waals surface area contributed by atoms with E-state index in [-0.39, 0.29) is 17.6 Å². The quantitative estimate of drug-likeness (QED) is 0.470. The first-order valence-corrected chi connectivity index (χ1v) is 13.0. The van der Waals surface area contributed by atoms with Crippen molar-refractivity contribution in [2.45, 2.75) is 50.9 Å². The van der Waals surface area contributed by atoms with Crippen molar-refractivity contribution in [3.8, 4) is 12.1 Å². The largest absolute Gasteiger partial charge is 0.419 e. The number of pyridine rings is 1. The molecule has 2 N–H and O–H groups in total. The summed E-state index contributed by atoms with van der Waals surface area (Å²) in [5.74, 6) is 0.481. The number of piperidine rings is 1. The standard InChI is InChI=1S/C29H30N6O3/c30-17-24-19-32-28(33-24)38-29(37)34-26-9-8-23(16-25(26)22-6-2-1-3-7-22)21-10-13-35(14-11-21)27(36)15-20-5-4-12-31-18-20/h4-6,8-9,12,16,18-19,21H,1-3,7,10-11,13-15H2,(H,32,33)(H,34,37). The highest BCUT2D eigenvalue weighted by molar-refractivity contribution is 5.91. The van der Waals surface area contributed by atoms with Gasteiger partial charge in [-0.25, -0.2) is 9.78 Å². The number of allylic oxidation sites excluding steroid dienone is 2. The molecule has 0 unspecified atom stereocenters. The smallest absolute Gasteiger partial charge is 0.375 e. The van der Waals surface area contributed by atoms with E-state index in [1.165, 1.54) is 23.8 Å². The van der Waals surface area contributed by atoms with Crippen molar-refractivity contribution in [3.05, 3.63) is 77.4 Å². The number of carbonyl (C=O) groups excluding carboxylic acids is 2. The highest BCUT2D eigenvalue weighted by Gasteiger charge is 2.25. The van der Waals surface area contributed by atoms with Gasteiger partial charge in [-0.1, -0.05) is 18.2 Å². The molecule has 0 bridgehead atoms. The number of hydrogen-bond donors (Lipinski definition) is 2. The number of anilines is 1. The number of likely N-dealkylation sites (tertiary alicyclic amines) is 1. The second kappa shape index (κ2) is 11.7. The third-order valence-electron chi connectivity index (χ3n) is 7.18. The molecule has 194 valence electrons. The number of rotatable bonds is 6. The molecule has 1 saturated heterocycles. The minimum Gasteiger partial charge on any atom is -0.375 e. The van der Waals surface area contributed by atoms with E-state index < -0.39 is 6.09 Å². The first kappa shape index (κ1) is 25.2. The summed E-state index contributed by atoms with van der Waals surface area (Å²) in [6, 6.07) is 11.9. The number of nitrogens with one attached hydrogen (secondary N) is 2. The molecule has 2 amide bonds. The number of hydrogen-bond acceptors (Lipinski definition) is 6. The normalized spacial score (nSPS) is 15.9. The summed E-state index contributed by atoms with van der Waals surface area (Å²) in [6.45, 7) is 1.45. The summed E-state index contributed by atoms with van der Waals surface area (Å²) in [7, 11) is 0. The Bertz CT molecular complexity index is 1370. The molecule has 5 rings (SSSR count). The number of imidazole rings is 1. The molecule has 1 aliphatic heterocycles. The molecule has 9 nitrogen and oxygen atoms in total. The Balaban J connectivity index is 1.27. The topological polar surface area (TPSA) is 124 Å². The second-order valence-electron chi connectivity index (χ2n) is 9.70. The number of amides is 2. The summed E-state index contributed by atoms with van der Waals surface area (Å²) < 4.78 is 5.24. The molecule has 1 aromatic carbocycles. The summed E-state index contributed by atoms with van der Waals surface area (Å²) in [5, 5.41) is 11.8. The van der Waals surface area contributed by atoms with Gasteiger partial charge in [-0.15, -0.1) is 0 Å². The van der Waals surface area contributed by atoms with E-state index in [1.54, 1.807) is 12.4 Å². The molecule has 0 spiro atoms. The molecule has 3 aromatic rings. The van der Waals surface area contributed by atoms with E-state index in [9.17, 15) is 9.59 Å². The van der Waals surface area contributed by atoms with Crippen molar-refractivity contribution < 1.29 is 14.3 Å². The maximum absolute atomic E-state index is 12.8. The molecule has 38 heavy (non-hydrogen) atoms. The summed E-state index contributed by atoms with van der Waals surface area (Å²) >= 11 is 0. The van der Waals surface area contributed by atoms with Gasteiger partial charge in [0, 0.05) is 31.0 Å². The zero-order chi connectivity index (χ0) is 26.3. The molecular formula is C29H30N6O3. The number of carbonyl (C=O) groups is 2. The van der Waals surface area contributed by atoms with E-state index in [4.69, 9.17) is 10.00 Å². The molecule has 2 aliphatic rings. The van der Waals surface area contributed by atoms with Crippen molar-refractivity contribution >= 4 is 23.3 Å². The van der Waals surface area contributed by atoms with Gasteiger partial charge in [-0.05, 0) is 79.3 Å². The molecule has 2 aromatic heterocycles. The van der Waals surface area contributed by atoms with E-state index >= 15 is 0 Å². The minimum absolute atomic E-state index is 0.0288. The van der Waals surface area contributed by atoms with Crippen LogP contribution in [0.4, 0.5) is 10.5 Å². The lowest BCUT2D eigenvalue weighted by Gasteiger charge is -2.33. The molecule has 0 saturated carbocycles. The van der Waals surface area contributed by atoms with Crippen LogP contribution in [0.2, 0.25) is 0 Å². The Morgan fingerprint density at radius 2 is 2.05 bits per heavy atom. The van der Waals surface area contributed by atoms with Crippen LogP contribution in [0.5, 0.6) is 6.01 Å². The Hall–Kier alpha value is -4.45. The van der Waals surface area contributed by atoms with Gasteiger partial charge in [-0.3, -0.25) is 20.1 Å². The maximum atomic E-state index is 12.8. The zero-order valence-corrected chi connectivity index (χ0v) is 21.2. The number of benzene rings is 1. The zero-order valence-electron chi connectivity index (χ0n) is 21.2. The second-order valence-corrected chi connectivity index (χ2v) is 9.70. The molecule has 3 heterocycles. The van der Waals surface area contributed by atoms with Crippen LogP contribution in [0.1, 0.15) is 66.8 Å². The average molecular weight is 511 g/mol. The lowest BCUT2D eigenvalue weighted by atomic mass is 9.85. The van der Waals surface area contributed by atoms with Crippen molar-refractivity contribution in [1.82, 2.24) is 19.9 Å². The molecule has 9 heteroatoms. The van der Waals surface area contributed by atoms with Gasteiger partial charge >= 0.3 is 12.1 Å². The first-order valence-electron chi connectivity index (χ1n) is 13.0. The van der Waals surface area contributed by atoms with E-state index in [0.29, 0.717) is 18.0 Å². The van der Waals surface area contributed by atoms with E-state index in [1.807, 2.05) is 29.2 Å². The fourth-order valence-corrected chi connectivity index (χ4v) is 5.16. The van der Waals surface area contributed by atoms with Gasteiger partial charge < -0.3 is 9.64 Å². The molecular weight excluding hydrogens is 480 g/mol. The highest BCUT2D eigenvalue weighted by atomic mass is 16.6. The fourth-order valence-electron chi connectivity index (χ4n) is 5.16. The Labute approximate surface area is 221 Å². The summed E-state index contributed by atoms with van der Waals surface area (Å²) in [4.78, 5) is 38.0. The lowest BCUT2D eigenvalue weighted by Crippen LogP contribution is -2.38. The van der Waals surface area contributed by atoms with Gasteiger partial charge in [0.05, 0.1) is 18.3 Å². The number of aromatic nitrogens is 3. The van der Waals surface area contributed by atoms with Gasteiger partial charge in [0.15, 0.2) is 0 Å². The van der Waals surface area contributed by atoms with E-state index in [0.717, 1.165) is 56.3 Å². The highest BCUT2D eigenvalue weighted by Crippen LogP contribution is 2.36. The van der Waals surface area contributed by atoms with Crippen molar-refractivity contribution in [2.75, 3.05) is 18.4 Å².